The van der Waals surface area contributed by atoms with Crippen LogP contribution in [0.4, 0.5) is 5.69 Å². The molecule has 2 atom stereocenters. The summed E-state index contributed by atoms with van der Waals surface area (Å²) >= 11 is 0. The normalized spacial score (nSPS) is 22.0. The lowest BCUT2D eigenvalue weighted by Crippen LogP contribution is -2.60. The number of nitrogens with one attached hydrogen (secondary N) is 1. The summed E-state index contributed by atoms with van der Waals surface area (Å²) in [6, 6.07) is 19.4. The number of anilines is 1. The van der Waals surface area contributed by atoms with Crippen LogP contribution < -0.4 is 15.8 Å². The topological polar surface area (TPSA) is 115 Å². The molecule has 7 heteroatoms. The summed E-state index contributed by atoms with van der Waals surface area (Å²) in [5, 5.41) is 16.4. The van der Waals surface area contributed by atoms with Gasteiger partial charge in [-0.25, -0.2) is 0 Å². The monoisotopic (exact) mass is 465 g/mol. The number of nitrogen functional groups attached to an aromatic ring is 1. The zero-order valence-corrected chi connectivity index (χ0v) is 19.2. The summed E-state index contributed by atoms with van der Waals surface area (Å²) < 4.78 is 6.13. The van der Waals surface area contributed by atoms with E-state index in [-0.39, 0.29) is 28.4 Å². The van der Waals surface area contributed by atoms with E-state index in [1.165, 1.54) is 0 Å². The van der Waals surface area contributed by atoms with Crippen molar-refractivity contribution in [3.63, 3.8) is 0 Å². The molecule has 6 rings (SSSR count). The number of pyridine rings is 1. The Morgan fingerprint density at radius 3 is 2.66 bits per heavy atom. The molecular formula is C28H23N3O4. The van der Waals surface area contributed by atoms with Crippen LogP contribution in [-0.4, -0.2) is 21.8 Å². The number of carbonyl (C=O) groups is 2. The van der Waals surface area contributed by atoms with Crippen molar-refractivity contribution in [1.82, 2.24) is 10.3 Å². The Bertz CT molecular complexity index is 1560. The summed E-state index contributed by atoms with van der Waals surface area (Å²) in [6.07, 6.45) is 1.54. The number of aromatic nitrogens is 1. The highest BCUT2D eigenvalue weighted by atomic mass is 16.6. The van der Waals surface area contributed by atoms with Crippen LogP contribution in [0.2, 0.25) is 0 Å². The number of carbonyl (C=O) groups excluding carboxylic acids is 2. The number of rotatable bonds is 3. The molecule has 0 saturated heterocycles. The van der Waals surface area contributed by atoms with Crippen LogP contribution in [0.15, 0.2) is 72.9 Å². The Balaban J connectivity index is 1.57. The van der Waals surface area contributed by atoms with E-state index in [1.807, 2.05) is 38.1 Å². The molecule has 0 radical (unpaired) electrons. The second-order valence-corrected chi connectivity index (χ2v) is 9.34. The second kappa shape index (κ2) is 7.13. The first kappa shape index (κ1) is 21.3. The van der Waals surface area contributed by atoms with Crippen LogP contribution in [-0.2, 0) is 11.3 Å². The van der Waals surface area contributed by atoms with Crippen molar-refractivity contribution >= 4 is 28.2 Å². The van der Waals surface area contributed by atoms with E-state index in [4.69, 9.17) is 10.5 Å². The first-order valence-corrected chi connectivity index (χ1v) is 11.4. The first-order chi connectivity index (χ1) is 16.8. The maximum Gasteiger partial charge on any atom is 0.271 e. The molecule has 4 aromatic rings. The fourth-order valence-electron chi connectivity index (χ4n) is 5.28. The number of ether oxygens (including phenoxy) is 1. The van der Waals surface area contributed by atoms with Crippen molar-refractivity contribution in [2.24, 2.45) is 0 Å². The lowest BCUT2D eigenvalue weighted by molar-refractivity contribution is -0.169. The zero-order chi connectivity index (χ0) is 24.5. The molecule has 1 aromatic heterocycles. The van der Waals surface area contributed by atoms with Gasteiger partial charge in [0.05, 0.1) is 5.56 Å². The number of ketones is 1. The largest absolute Gasteiger partial charge is 0.454 e. The smallest absolute Gasteiger partial charge is 0.271 e. The van der Waals surface area contributed by atoms with Gasteiger partial charge in [0.15, 0.2) is 0 Å². The molecule has 0 spiro atoms. The molecule has 2 heterocycles. The van der Waals surface area contributed by atoms with Crippen LogP contribution in [0.1, 0.15) is 57.3 Å². The molecular weight excluding hydrogens is 442 g/mol. The van der Waals surface area contributed by atoms with Crippen LogP contribution >= 0.6 is 0 Å². The first-order valence-electron chi connectivity index (χ1n) is 11.4. The third kappa shape index (κ3) is 2.67. The van der Waals surface area contributed by atoms with Gasteiger partial charge in [0.2, 0.25) is 11.3 Å². The third-order valence-electron chi connectivity index (χ3n) is 7.06. The van der Waals surface area contributed by atoms with Gasteiger partial charge in [-0.1, -0.05) is 62.4 Å². The average Bonchev–Trinajstić information content (AvgIpc) is 3.21. The number of benzene rings is 3. The average molecular weight is 466 g/mol. The summed E-state index contributed by atoms with van der Waals surface area (Å²) in [5.74, 6) is -2.77. The lowest BCUT2D eigenvalue weighted by Gasteiger charge is -2.34. The zero-order valence-electron chi connectivity index (χ0n) is 19.2. The van der Waals surface area contributed by atoms with Crippen LogP contribution in [0, 0.1) is 0 Å². The van der Waals surface area contributed by atoms with Gasteiger partial charge in [-0.15, -0.1) is 0 Å². The van der Waals surface area contributed by atoms with Gasteiger partial charge in [-0.05, 0) is 35.1 Å². The number of aliphatic hydroxyl groups is 1. The highest BCUT2D eigenvalue weighted by Crippen LogP contribution is 2.59. The second-order valence-electron chi connectivity index (χ2n) is 9.34. The van der Waals surface area contributed by atoms with E-state index in [2.05, 4.69) is 10.3 Å². The van der Waals surface area contributed by atoms with E-state index >= 15 is 0 Å². The molecule has 7 nitrogen and oxygen atoms in total. The van der Waals surface area contributed by atoms with Gasteiger partial charge in [-0.3, -0.25) is 14.6 Å². The van der Waals surface area contributed by atoms with Gasteiger partial charge in [0, 0.05) is 28.4 Å². The minimum atomic E-state index is -2.17. The van der Waals surface area contributed by atoms with Gasteiger partial charge < -0.3 is 20.9 Å². The van der Waals surface area contributed by atoms with Crippen LogP contribution in [0.3, 0.4) is 0 Å². The van der Waals surface area contributed by atoms with Gasteiger partial charge in [0.25, 0.3) is 11.7 Å². The van der Waals surface area contributed by atoms with E-state index in [9.17, 15) is 14.7 Å². The maximum absolute atomic E-state index is 14.1. The Morgan fingerprint density at radius 2 is 1.86 bits per heavy atom. The number of hydrogen-bond donors (Lipinski definition) is 3. The van der Waals surface area contributed by atoms with E-state index in [1.54, 1.807) is 48.7 Å². The molecule has 174 valence electrons. The fourth-order valence-corrected chi connectivity index (χ4v) is 5.28. The molecule has 1 aliphatic carbocycles. The standard InChI is InChI=1S/C28H23N3O4/c1-15(2)17-10-11-19-22(14-17)35-28(34)20-8-5-9-21(29)23(20)25(32)27(19,28)31-26(33)24-18-7-4-3-6-16(18)12-13-30-24/h3-15,34H,29H2,1-2H3,(H,31,33). The van der Waals surface area contributed by atoms with E-state index < -0.39 is 23.0 Å². The summed E-state index contributed by atoms with van der Waals surface area (Å²) in [6.45, 7) is 4.08. The number of nitrogens with two attached hydrogens (primary N) is 1. The van der Waals surface area contributed by atoms with Gasteiger partial charge in [0.1, 0.15) is 11.4 Å². The van der Waals surface area contributed by atoms with Crippen molar-refractivity contribution in [2.75, 3.05) is 5.73 Å². The minimum Gasteiger partial charge on any atom is -0.454 e. The van der Waals surface area contributed by atoms with Gasteiger partial charge >= 0.3 is 0 Å². The molecule has 4 N–H and O–H groups in total. The van der Waals surface area contributed by atoms with E-state index in [0.717, 1.165) is 10.9 Å². The summed E-state index contributed by atoms with van der Waals surface area (Å²) in [7, 11) is 0. The molecule has 3 aromatic carbocycles. The molecule has 0 fully saturated rings. The predicted octanol–water partition coefficient (Wildman–Crippen LogP) is 4.00. The molecule has 1 amide bonds. The van der Waals surface area contributed by atoms with E-state index in [0.29, 0.717) is 16.7 Å². The Kier molecular flexibility index (Phi) is 4.34. The van der Waals surface area contributed by atoms with Crippen LogP contribution in [0.5, 0.6) is 5.75 Å². The number of hydrogen-bond acceptors (Lipinski definition) is 6. The molecule has 2 unspecified atom stereocenters. The highest BCUT2D eigenvalue weighted by Gasteiger charge is 2.72. The number of amides is 1. The molecule has 2 aliphatic rings. The van der Waals surface area contributed by atoms with Crippen LogP contribution in [0.25, 0.3) is 10.8 Å². The van der Waals surface area contributed by atoms with Gasteiger partial charge in [-0.2, -0.15) is 0 Å². The Hall–Kier alpha value is -4.23. The molecule has 0 bridgehead atoms. The number of nitrogens with zero attached hydrogens (tertiary/aromatic N) is 1. The molecule has 35 heavy (non-hydrogen) atoms. The number of fused-ring (bicyclic) bond motifs is 6. The Morgan fingerprint density at radius 1 is 1.06 bits per heavy atom. The van der Waals surface area contributed by atoms with Crippen molar-refractivity contribution < 1.29 is 19.4 Å². The van der Waals surface area contributed by atoms with Crippen molar-refractivity contribution in [2.45, 2.75) is 31.1 Å². The van der Waals surface area contributed by atoms with Crippen molar-refractivity contribution in [1.29, 1.82) is 0 Å². The summed E-state index contributed by atoms with van der Waals surface area (Å²) in [5.41, 5.74) is 6.30. The fraction of sp³-hybridized carbons (Fsp3) is 0.179. The van der Waals surface area contributed by atoms with Crippen molar-refractivity contribution in [3.05, 3.63) is 101 Å². The summed E-state index contributed by atoms with van der Waals surface area (Å²) in [4.78, 5) is 32.1. The number of Topliss-reactive ketones (excluding diaryl/α,β-unsaturated/α-hetero) is 1. The maximum atomic E-state index is 14.1. The SMILES string of the molecule is CC(C)c1ccc2c(c1)OC1(O)c3cccc(N)c3C(=O)C21NC(=O)c1nccc2ccccc12. The lowest BCUT2D eigenvalue weighted by atomic mass is 9.82. The molecule has 0 saturated carbocycles. The predicted molar refractivity (Wildman–Crippen MR) is 131 cm³/mol. The van der Waals surface area contributed by atoms with Crippen molar-refractivity contribution in [3.8, 4) is 5.75 Å². The molecule has 1 aliphatic heterocycles. The Labute approximate surface area is 201 Å². The minimum absolute atomic E-state index is 0.139. The third-order valence-corrected chi connectivity index (χ3v) is 7.06. The highest BCUT2D eigenvalue weighted by molar-refractivity contribution is 6.16. The quantitative estimate of drug-likeness (QED) is 0.394.